The number of nitriles is 1. The number of aromatic nitrogens is 1. The Bertz CT molecular complexity index is 855. The van der Waals surface area contributed by atoms with Gasteiger partial charge in [0.25, 0.3) is 6.71 Å². The second kappa shape index (κ2) is 12.2. The van der Waals surface area contributed by atoms with Crippen LogP contribution in [0.4, 0.5) is 5.69 Å². The van der Waals surface area contributed by atoms with E-state index in [0.29, 0.717) is 17.5 Å². The minimum absolute atomic E-state index is 0.194. The zero-order valence-electron chi connectivity index (χ0n) is 18.1. The molecule has 30 heavy (non-hydrogen) atoms. The first-order chi connectivity index (χ1) is 14.6. The van der Waals surface area contributed by atoms with E-state index in [1.165, 1.54) is 0 Å². The van der Waals surface area contributed by atoms with Crippen LogP contribution < -0.4 is 15.6 Å². The molecule has 2 heterocycles. The lowest BCUT2D eigenvalue weighted by Gasteiger charge is -2.35. The molecule has 0 saturated carbocycles. The third-order valence-corrected chi connectivity index (χ3v) is 7.37. The molecule has 1 atom stereocenters. The van der Waals surface area contributed by atoms with E-state index in [-0.39, 0.29) is 17.4 Å². The lowest BCUT2D eigenvalue weighted by molar-refractivity contribution is 0.743. The van der Waals surface area contributed by atoms with Gasteiger partial charge in [-0.15, -0.1) is 0 Å². The Morgan fingerprint density at radius 2 is 1.93 bits per heavy atom. The summed E-state index contributed by atoms with van der Waals surface area (Å²) in [5, 5.41) is 9.68. The Morgan fingerprint density at radius 3 is 2.47 bits per heavy atom. The summed E-state index contributed by atoms with van der Waals surface area (Å²) in [5.41, 5.74) is 6.21. The molecule has 3 rings (SSSR count). The van der Waals surface area contributed by atoms with Crippen molar-refractivity contribution in [2.75, 3.05) is 4.31 Å². The molecule has 0 amide bonds. The van der Waals surface area contributed by atoms with Crippen molar-refractivity contribution in [3.05, 3.63) is 66.5 Å². The second-order valence-corrected chi connectivity index (χ2v) is 8.95. The monoisotopic (exact) mass is 421 g/mol. The number of nitrogens with one attached hydrogen (secondary N) is 1. The van der Waals surface area contributed by atoms with E-state index in [4.69, 9.17) is 5.84 Å². The number of nitrogens with zero attached hydrogens (tertiary/aromatic N) is 3. The Labute approximate surface area is 184 Å². The Morgan fingerprint density at radius 1 is 1.27 bits per heavy atom. The van der Waals surface area contributed by atoms with Crippen LogP contribution in [0, 0.1) is 11.2 Å². The van der Waals surface area contributed by atoms with Crippen LogP contribution in [-0.4, -0.2) is 22.8 Å². The summed E-state index contributed by atoms with van der Waals surface area (Å²) in [6.07, 6.45) is 5.86. The third kappa shape index (κ3) is 6.22. The maximum Gasteiger partial charge on any atom is 0.267 e. The highest BCUT2D eigenvalue weighted by atomic mass is 32.2. The molecule has 3 N–H and O–H groups in total. The smallest absolute Gasteiger partial charge is 0.267 e. The Kier molecular flexibility index (Phi) is 9.66. The highest BCUT2D eigenvalue weighted by Crippen LogP contribution is 2.39. The zero-order chi connectivity index (χ0) is 21.9. The van der Waals surface area contributed by atoms with Crippen LogP contribution in [0.5, 0.6) is 0 Å². The summed E-state index contributed by atoms with van der Waals surface area (Å²) < 4.78 is 2.36. The molecular formula is C23H32BN5S. The number of hydrazine groups is 1. The largest absolute Gasteiger partial charge is 0.324 e. The SMILES string of the molecule is C=C(NN)c1ccc(CN(c2ccccc2)S(=C)C2CCB(C#N)CC2)nc1.CC. The van der Waals surface area contributed by atoms with Gasteiger partial charge in [-0.2, -0.15) is 0 Å². The van der Waals surface area contributed by atoms with Gasteiger partial charge in [0.15, 0.2) is 0 Å². The van der Waals surface area contributed by atoms with Gasteiger partial charge in [-0.1, -0.05) is 67.8 Å². The molecule has 1 aromatic carbocycles. The van der Waals surface area contributed by atoms with E-state index in [9.17, 15) is 5.26 Å². The van der Waals surface area contributed by atoms with Crippen LogP contribution in [0.3, 0.4) is 0 Å². The second-order valence-electron chi connectivity index (χ2n) is 7.04. The van der Waals surface area contributed by atoms with Crippen LogP contribution in [0.2, 0.25) is 12.6 Å². The van der Waals surface area contributed by atoms with Gasteiger partial charge in [-0.3, -0.25) is 10.8 Å². The first-order valence-corrected chi connectivity index (χ1v) is 11.9. The molecule has 1 aliphatic heterocycles. The molecule has 158 valence electrons. The summed E-state index contributed by atoms with van der Waals surface area (Å²) >= 11 is 0. The maximum atomic E-state index is 9.18. The highest BCUT2D eigenvalue weighted by molar-refractivity contribution is 8.15. The van der Waals surface area contributed by atoms with E-state index in [2.05, 4.69) is 57.4 Å². The van der Waals surface area contributed by atoms with Crippen molar-refractivity contribution in [3.8, 4) is 5.97 Å². The first-order valence-electron chi connectivity index (χ1n) is 10.5. The summed E-state index contributed by atoms with van der Waals surface area (Å²) in [4.78, 5) is 4.60. The van der Waals surface area contributed by atoms with Gasteiger partial charge in [0.2, 0.25) is 0 Å². The molecular weight excluding hydrogens is 389 g/mol. The van der Waals surface area contributed by atoms with Crippen molar-refractivity contribution in [1.29, 1.82) is 5.26 Å². The molecule has 0 bridgehead atoms. The van der Waals surface area contributed by atoms with Crippen molar-refractivity contribution >= 4 is 34.6 Å². The first kappa shape index (κ1) is 23.7. The number of benzene rings is 1. The third-order valence-electron chi connectivity index (χ3n) is 5.22. The van der Waals surface area contributed by atoms with Crippen LogP contribution in [0.15, 0.2) is 55.2 Å². The van der Waals surface area contributed by atoms with Gasteiger partial charge in [-0.05, 0) is 37.1 Å². The number of nitrogens with two attached hydrogens (primary N) is 1. The summed E-state index contributed by atoms with van der Waals surface area (Å²) in [7, 11) is -0.194. The van der Waals surface area contributed by atoms with Crippen molar-refractivity contribution in [2.24, 2.45) is 5.84 Å². The minimum atomic E-state index is -0.194. The predicted octanol–water partition coefficient (Wildman–Crippen LogP) is 4.88. The van der Waals surface area contributed by atoms with E-state index >= 15 is 0 Å². The standard InChI is InChI=1S/C21H26BN5S.C2H6/c1-17(26-24)18-8-9-19(25-14-18)15-27(20-6-4-3-5-7-20)28(2)21-10-12-22(16-23)13-11-21;1-2/h3-9,14,21,26H,1-2,10-13,15,24H2;1-2H3. The molecule has 1 saturated heterocycles. The molecule has 1 unspecified atom stereocenters. The van der Waals surface area contributed by atoms with Crippen LogP contribution >= 0.6 is 10.7 Å². The topological polar surface area (TPSA) is 78.0 Å². The number of hydrogen-bond donors (Lipinski definition) is 2. The number of hydrogen-bond acceptors (Lipinski definition) is 5. The highest BCUT2D eigenvalue weighted by Gasteiger charge is 2.28. The fourth-order valence-electron chi connectivity index (χ4n) is 3.47. The van der Waals surface area contributed by atoms with Crippen molar-refractivity contribution in [3.63, 3.8) is 0 Å². The maximum absolute atomic E-state index is 9.18. The molecule has 1 aromatic heterocycles. The van der Waals surface area contributed by atoms with E-state index < -0.39 is 0 Å². The van der Waals surface area contributed by atoms with Gasteiger partial charge in [0.1, 0.15) is 0 Å². The van der Waals surface area contributed by atoms with Crippen molar-refractivity contribution in [2.45, 2.75) is 51.1 Å². The normalized spacial score (nSPS) is 14.7. The average Bonchev–Trinajstić information content (AvgIpc) is 2.84. The molecule has 0 radical (unpaired) electrons. The average molecular weight is 421 g/mol. The lowest BCUT2D eigenvalue weighted by atomic mass is 9.43. The van der Waals surface area contributed by atoms with Crippen molar-refractivity contribution < 1.29 is 0 Å². The minimum Gasteiger partial charge on any atom is -0.324 e. The van der Waals surface area contributed by atoms with E-state index in [1.54, 1.807) is 6.20 Å². The molecule has 2 aromatic rings. The van der Waals surface area contributed by atoms with Crippen LogP contribution in [0.25, 0.3) is 5.70 Å². The van der Waals surface area contributed by atoms with Crippen LogP contribution in [0.1, 0.15) is 37.9 Å². The molecule has 1 aliphatic rings. The van der Waals surface area contributed by atoms with Gasteiger partial charge in [0, 0.05) is 28.7 Å². The van der Waals surface area contributed by atoms with Gasteiger partial charge in [0.05, 0.1) is 17.9 Å². The van der Waals surface area contributed by atoms with E-state index in [1.807, 2.05) is 32.0 Å². The zero-order valence-corrected chi connectivity index (χ0v) is 18.9. The molecule has 7 heteroatoms. The van der Waals surface area contributed by atoms with E-state index in [0.717, 1.165) is 42.4 Å². The van der Waals surface area contributed by atoms with Gasteiger partial charge in [-0.25, -0.2) is 5.26 Å². The summed E-state index contributed by atoms with van der Waals surface area (Å²) in [6, 6.07) is 14.4. The quantitative estimate of drug-likeness (QED) is 0.288. The number of para-hydroxylation sites is 1. The van der Waals surface area contributed by atoms with Gasteiger partial charge >= 0.3 is 0 Å². The summed E-state index contributed by atoms with van der Waals surface area (Å²) in [5.74, 6) is 12.4. The predicted molar refractivity (Wildman–Crippen MR) is 133 cm³/mol. The Balaban J connectivity index is 0.00000155. The molecule has 0 spiro atoms. The lowest BCUT2D eigenvalue weighted by Crippen LogP contribution is -2.28. The number of pyridine rings is 1. The fraction of sp³-hybridized carbons (Fsp3) is 0.348. The van der Waals surface area contributed by atoms with Gasteiger partial charge < -0.3 is 9.73 Å². The van der Waals surface area contributed by atoms with Crippen LogP contribution in [-0.2, 0) is 6.54 Å². The number of rotatable bonds is 7. The number of anilines is 1. The Hall–Kier alpha value is -2.56. The summed E-state index contributed by atoms with van der Waals surface area (Å²) in [6.45, 7) is 8.76. The van der Waals surface area contributed by atoms with Crippen molar-refractivity contribution in [1.82, 2.24) is 10.4 Å². The fourth-order valence-corrected chi connectivity index (χ4v) is 5.34. The molecule has 0 aliphatic carbocycles. The molecule has 5 nitrogen and oxygen atoms in total. The molecule has 1 fully saturated rings.